The van der Waals surface area contributed by atoms with Gasteiger partial charge in [0, 0.05) is 6.10 Å². The highest BCUT2D eigenvalue weighted by molar-refractivity contribution is 5.98. The van der Waals surface area contributed by atoms with Crippen molar-refractivity contribution in [2.75, 3.05) is 0 Å². The van der Waals surface area contributed by atoms with Gasteiger partial charge in [-0.25, -0.2) is 0 Å². The van der Waals surface area contributed by atoms with Crippen LogP contribution in [-0.4, -0.2) is 14.2 Å². The Morgan fingerprint density at radius 1 is 0.846 bits per heavy atom. The lowest BCUT2D eigenvalue weighted by molar-refractivity contribution is 0.0886. The van der Waals surface area contributed by atoms with Gasteiger partial charge in [-0.1, -0.05) is 25.7 Å². The minimum Gasteiger partial charge on any atom is -0.444 e. The van der Waals surface area contributed by atoms with E-state index < -0.39 is 0 Å². The summed E-state index contributed by atoms with van der Waals surface area (Å²) < 4.78 is 5.22. The van der Waals surface area contributed by atoms with Crippen LogP contribution in [0.2, 0.25) is 0 Å². The predicted octanol–water partition coefficient (Wildman–Crippen LogP) is 2.84. The first-order valence-electron chi connectivity index (χ1n) is 5.77. The summed E-state index contributed by atoms with van der Waals surface area (Å²) in [6.45, 7) is 0. The van der Waals surface area contributed by atoms with Crippen LogP contribution in [0.4, 0.5) is 0 Å². The van der Waals surface area contributed by atoms with E-state index >= 15 is 0 Å². The Hall–Kier alpha value is 0.0249. The Morgan fingerprint density at radius 3 is 1.54 bits per heavy atom. The minimum absolute atomic E-state index is 0.380. The standard InChI is InChI=1S/C11H19BO/c12-13-11(9-5-1-2-6-9)10-7-3-4-8-10/h9-11H,1-8H2. The highest BCUT2D eigenvalue weighted by Crippen LogP contribution is 2.38. The third-order valence-electron chi connectivity index (χ3n) is 3.89. The van der Waals surface area contributed by atoms with Crippen LogP contribution in [-0.2, 0) is 4.65 Å². The third kappa shape index (κ3) is 2.09. The molecule has 0 amide bonds. The first-order valence-corrected chi connectivity index (χ1v) is 5.77. The van der Waals surface area contributed by atoms with E-state index in [9.17, 15) is 0 Å². The van der Waals surface area contributed by atoms with E-state index in [0.717, 1.165) is 11.8 Å². The Bertz CT molecular complexity index is 132. The number of rotatable bonds is 3. The van der Waals surface area contributed by atoms with Crippen LogP contribution < -0.4 is 0 Å². The van der Waals surface area contributed by atoms with Crippen LogP contribution in [0.15, 0.2) is 0 Å². The second kappa shape index (κ2) is 4.50. The molecule has 0 aromatic heterocycles. The van der Waals surface area contributed by atoms with E-state index in [4.69, 9.17) is 12.7 Å². The maximum Gasteiger partial charge on any atom is 0.283 e. The van der Waals surface area contributed by atoms with E-state index in [-0.39, 0.29) is 0 Å². The fraction of sp³-hybridized carbons (Fsp3) is 1.00. The molecule has 0 atom stereocenters. The van der Waals surface area contributed by atoms with Crippen LogP contribution in [0.25, 0.3) is 0 Å². The Kier molecular flexibility index (Phi) is 3.31. The fourth-order valence-corrected chi connectivity index (χ4v) is 3.18. The fourth-order valence-electron chi connectivity index (χ4n) is 3.18. The summed E-state index contributed by atoms with van der Waals surface area (Å²) in [5, 5.41) is 0. The van der Waals surface area contributed by atoms with E-state index in [0.29, 0.717) is 6.10 Å². The van der Waals surface area contributed by atoms with Crippen molar-refractivity contribution < 1.29 is 4.65 Å². The van der Waals surface area contributed by atoms with Crippen LogP contribution in [0.1, 0.15) is 51.4 Å². The highest BCUT2D eigenvalue weighted by Gasteiger charge is 2.32. The largest absolute Gasteiger partial charge is 0.444 e. The van der Waals surface area contributed by atoms with Gasteiger partial charge in [0.05, 0.1) is 0 Å². The van der Waals surface area contributed by atoms with Crippen LogP contribution in [0.5, 0.6) is 0 Å². The molecule has 1 nitrogen and oxygen atoms in total. The molecule has 0 bridgehead atoms. The van der Waals surface area contributed by atoms with Gasteiger partial charge in [-0.3, -0.25) is 0 Å². The molecule has 72 valence electrons. The molecule has 2 heteroatoms. The molecule has 0 saturated heterocycles. The van der Waals surface area contributed by atoms with Crippen LogP contribution in [0, 0.1) is 11.8 Å². The van der Waals surface area contributed by atoms with Gasteiger partial charge >= 0.3 is 0 Å². The van der Waals surface area contributed by atoms with Crippen molar-refractivity contribution in [3.05, 3.63) is 0 Å². The molecule has 2 saturated carbocycles. The molecule has 0 heterocycles. The molecule has 2 radical (unpaired) electrons. The molecule has 0 aromatic carbocycles. The summed E-state index contributed by atoms with van der Waals surface area (Å²) in [6.07, 6.45) is 11.3. The van der Waals surface area contributed by atoms with Crippen molar-refractivity contribution in [2.24, 2.45) is 11.8 Å². The molecular weight excluding hydrogens is 159 g/mol. The highest BCUT2D eigenvalue weighted by atomic mass is 16.4. The lowest BCUT2D eigenvalue weighted by atomic mass is 9.88. The molecule has 0 unspecified atom stereocenters. The van der Waals surface area contributed by atoms with Gasteiger partial charge in [0.15, 0.2) is 0 Å². The first-order chi connectivity index (χ1) is 6.42. The van der Waals surface area contributed by atoms with Crippen molar-refractivity contribution in [1.29, 1.82) is 0 Å². The second-order valence-electron chi connectivity index (χ2n) is 4.69. The third-order valence-corrected chi connectivity index (χ3v) is 3.89. The first kappa shape index (κ1) is 9.58. The maximum atomic E-state index is 5.43. The van der Waals surface area contributed by atoms with Crippen molar-refractivity contribution >= 4 is 8.05 Å². The zero-order valence-electron chi connectivity index (χ0n) is 8.37. The van der Waals surface area contributed by atoms with E-state index in [1.807, 2.05) is 0 Å². The smallest absolute Gasteiger partial charge is 0.283 e. The van der Waals surface area contributed by atoms with Crippen LogP contribution in [0.3, 0.4) is 0 Å². The lowest BCUT2D eigenvalue weighted by Crippen LogP contribution is -2.28. The molecule has 2 fully saturated rings. The van der Waals surface area contributed by atoms with Crippen molar-refractivity contribution in [3.63, 3.8) is 0 Å². The Labute approximate surface area is 82.7 Å². The van der Waals surface area contributed by atoms with Crippen molar-refractivity contribution in [2.45, 2.75) is 57.5 Å². The van der Waals surface area contributed by atoms with Gasteiger partial charge < -0.3 is 4.65 Å². The molecule has 0 aliphatic heterocycles. The topological polar surface area (TPSA) is 9.23 Å². The molecule has 13 heavy (non-hydrogen) atoms. The molecule has 2 aliphatic rings. The number of hydrogen-bond acceptors (Lipinski definition) is 1. The molecule has 0 spiro atoms. The maximum absolute atomic E-state index is 5.43. The quantitative estimate of drug-likeness (QED) is 0.603. The SMILES string of the molecule is [B]OC(C1CCCC1)C1CCCC1. The average molecular weight is 178 g/mol. The van der Waals surface area contributed by atoms with E-state index in [2.05, 4.69) is 0 Å². The van der Waals surface area contributed by atoms with E-state index in [1.165, 1.54) is 51.4 Å². The molecule has 2 rings (SSSR count). The summed E-state index contributed by atoms with van der Waals surface area (Å²) in [5.74, 6) is 1.54. The summed E-state index contributed by atoms with van der Waals surface area (Å²) in [5.41, 5.74) is 0. The second-order valence-corrected chi connectivity index (χ2v) is 4.69. The summed E-state index contributed by atoms with van der Waals surface area (Å²) >= 11 is 0. The molecule has 0 aromatic rings. The van der Waals surface area contributed by atoms with Gasteiger partial charge in [-0.15, -0.1) is 0 Å². The van der Waals surface area contributed by atoms with Gasteiger partial charge in [0.25, 0.3) is 8.05 Å². The lowest BCUT2D eigenvalue weighted by Gasteiger charge is -2.28. The van der Waals surface area contributed by atoms with Gasteiger partial charge in [0.2, 0.25) is 0 Å². The van der Waals surface area contributed by atoms with Crippen LogP contribution >= 0.6 is 0 Å². The summed E-state index contributed by atoms with van der Waals surface area (Å²) in [7, 11) is 5.43. The minimum atomic E-state index is 0.380. The Morgan fingerprint density at radius 2 is 1.23 bits per heavy atom. The zero-order chi connectivity index (χ0) is 9.10. The van der Waals surface area contributed by atoms with Gasteiger partial charge in [0.1, 0.15) is 0 Å². The summed E-state index contributed by atoms with van der Waals surface area (Å²) in [6, 6.07) is 0. The summed E-state index contributed by atoms with van der Waals surface area (Å²) in [4.78, 5) is 0. The van der Waals surface area contributed by atoms with Crippen molar-refractivity contribution in [1.82, 2.24) is 0 Å². The Balaban J connectivity index is 1.90. The molecule has 2 aliphatic carbocycles. The van der Waals surface area contributed by atoms with E-state index in [1.54, 1.807) is 0 Å². The van der Waals surface area contributed by atoms with Crippen molar-refractivity contribution in [3.8, 4) is 0 Å². The zero-order valence-corrected chi connectivity index (χ0v) is 8.37. The molecular formula is C11H19BO. The number of hydrogen-bond donors (Lipinski definition) is 0. The average Bonchev–Trinajstić information content (AvgIpc) is 2.76. The molecule has 0 N–H and O–H groups in total. The predicted molar refractivity (Wildman–Crippen MR) is 54.5 cm³/mol. The van der Waals surface area contributed by atoms with Gasteiger partial charge in [-0.2, -0.15) is 0 Å². The van der Waals surface area contributed by atoms with Gasteiger partial charge in [-0.05, 0) is 37.5 Å². The normalized spacial score (nSPS) is 26.2. The monoisotopic (exact) mass is 178 g/mol.